The molecule has 104 valence electrons. The third kappa shape index (κ3) is 4.72. The highest BCUT2D eigenvalue weighted by Gasteiger charge is 2.01. The van der Waals surface area contributed by atoms with Crippen LogP contribution in [0.25, 0.3) is 0 Å². The van der Waals surface area contributed by atoms with Gasteiger partial charge in [-0.25, -0.2) is 4.39 Å². The molecule has 2 aromatic rings. The lowest BCUT2D eigenvalue weighted by Crippen LogP contribution is -2.31. The molecule has 20 heavy (non-hydrogen) atoms. The standard InChI is InChI=1S/C16H17FN2O/c17-14-6-8-15(9-7-14)19-12-16(20)18-11-10-13-4-2-1-3-5-13/h1-9,19H,10-12H2,(H,18,20). The van der Waals surface area contributed by atoms with Gasteiger partial charge in [-0.2, -0.15) is 0 Å². The van der Waals surface area contributed by atoms with Crippen molar-refractivity contribution in [2.45, 2.75) is 6.42 Å². The van der Waals surface area contributed by atoms with Gasteiger partial charge in [0.05, 0.1) is 6.54 Å². The maximum Gasteiger partial charge on any atom is 0.239 e. The number of rotatable bonds is 6. The molecule has 0 spiro atoms. The topological polar surface area (TPSA) is 41.1 Å². The fraction of sp³-hybridized carbons (Fsp3) is 0.188. The number of amides is 1. The third-order valence-corrected chi connectivity index (χ3v) is 2.88. The Kier molecular flexibility index (Phi) is 5.12. The smallest absolute Gasteiger partial charge is 0.239 e. The van der Waals surface area contributed by atoms with Crippen molar-refractivity contribution in [3.05, 3.63) is 66.0 Å². The first-order chi connectivity index (χ1) is 9.74. The van der Waals surface area contributed by atoms with E-state index in [0.717, 1.165) is 12.1 Å². The Hall–Kier alpha value is -2.36. The summed E-state index contributed by atoms with van der Waals surface area (Å²) in [5.41, 5.74) is 1.92. The molecule has 1 amide bonds. The Bertz CT molecular complexity index is 540. The molecule has 3 nitrogen and oxygen atoms in total. The largest absolute Gasteiger partial charge is 0.376 e. The summed E-state index contributed by atoms with van der Waals surface area (Å²) < 4.78 is 12.7. The summed E-state index contributed by atoms with van der Waals surface area (Å²) in [6, 6.07) is 15.9. The minimum absolute atomic E-state index is 0.0785. The second-order valence-corrected chi connectivity index (χ2v) is 4.45. The van der Waals surface area contributed by atoms with Crippen molar-refractivity contribution in [2.75, 3.05) is 18.4 Å². The number of nitrogens with one attached hydrogen (secondary N) is 2. The molecule has 0 aliphatic rings. The Morgan fingerprint density at radius 3 is 2.40 bits per heavy atom. The first-order valence-corrected chi connectivity index (χ1v) is 6.54. The van der Waals surface area contributed by atoms with Crippen LogP contribution in [0.4, 0.5) is 10.1 Å². The highest BCUT2D eigenvalue weighted by atomic mass is 19.1. The predicted molar refractivity (Wildman–Crippen MR) is 78.0 cm³/mol. The summed E-state index contributed by atoms with van der Waals surface area (Å²) in [6.45, 7) is 0.786. The van der Waals surface area contributed by atoms with Gasteiger partial charge in [-0.15, -0.1) is 0 Å². The van der Waals surface area contributed by atoms with Crippen molar-refractivity contribution in [3.63, 3.8) is 0 Å². The molecule has 0 heterocycles. The van der Waals surface area contributed by atoms with Gasteiger partial charge in [0, 0.05) is 12.2 Å². The quantitative estimate of drug-likeness (QED) is 0.848. The average Bonchev–Trinajstić information content (AvgIpc) is 2.48. The minimum Gasteiger partial charge on any atom is -0.376 e. The van der Waals surface area contributed by atoms with Crippen LogP contribution in [0, 0.1) is 5.82 Å². The molecule has 0 bridgehead atoms. The fourth-order valence-corrected chi connectivity index (χ4v) is 1.80. The van der Waals surface area contributed by atoms with Gasteiger partial charge in [-0.05, 0) is 36.2 Å². The second-order valence-electron chi connectivity index (χ2n) is 4.45. The first kappa shape index (κ1) is 14.1. The van der Waals surface area contributed by atoms with Gasteiger partial charge in [-0.1, -0.05) is 30.3 Å². The number of carbonyl (C=O) groups is 1. The van der Waals surface area contributed by atoms with Crippen molar-refractivity contribution in [1.29, 1.82) is 0 Å². The van der Waals surface area contributed by atoms with Crippen molar-refractivity contribution < 1.29 is 9.18 Å². The summed E-state index contributed by atoms with van der Waals surface area (Å²) in [6.07, 6.45) is 0.809. The lowest BCUT2D eigenvalue weighted by molar-refractivity contribution is -0.119. The summed E-state index contributed by atoms with van der Waals surface area (Å²) in [5, 5.41) is 5.78. The molecule has 2 rings (SSSR count). The van der Waals surface area contributed by atoms with Crippen molar-refractivity contribution in [3.8, 4) is 0 Å². The Morgan fingerprint density at radius 2 is 1.70 bits per heavy atom. The Morgan fingerprint density at radius 1 is 1.00 bits per heavy atom. The molecule has 0 unspecified atom stereocenters. The van der Waals surface area contributed by atoms with E-state index in [1.165, 1.54) is 17.7 Å². The van der Waals surface area contributed by atoms with E-state index in [1.807, 2.05) is 30.3 Å². The van der Waals surface area contributed by atoms with Gasteiger partial charge in [-0.3, -0.25) is 4.79 Å². The second kappa shape index (κ2) is 7.28. The van der Waals surface area contributed by atoms with E-state index >= 15 is 0 Å². The van der Waals surface area contributed by atoms with Gasteiger partial charge in [0.1, 0.15) is 5.82 Å². The minimum atomic E-state index is -0.289. The van der Waals surface area contributed by atoms with Crippen LogP contribution < -0.4 is 10.6 Å². The van der Waals surface area contributed by atoms with Gasteiger partial charge < -0.3 is 10.6 Å². The number of carbonyl (C=O) groups excluding carboxylic acids is 1. The predicted octanol–water partition coefficient (Wildman–Crippen LogP) is 2.60. The van der Waals surface area contributed by atoms with E-state index in [2.05, 4.69) is 10.6 Å². The summed E-state index contributed by atoms with van der Waals surface area (Å²) >= 11 is 0. The molecule has 0 saturated heterocycles. The van der Waals surface area contributed by atoms with Crippen molar-refractivity contribution in [1.82, 2.24) is 5.32 Å². The zero-order chi connectivity index (χ0) is 14.2. The highest BCUT2D eigenvalue weighted by Crippen LogP contribution is 2.07. The van der Waals surface area contributed by atoms with Gasteiger partial charge >= 0.3 is 0 Å². The zero-order valence-electron chi connectivity index (χ0n) is 11.1. The highest BCUT2D eigenvalue weighted by molar-refractivity contribution is 5.80. The number of hydrogen-bond donors (Lipinski definition) is 2. The average molecular weight is 272 g/mol. The maximum atomic E-state index is 12.7. The molecular formula is C16H17FN2O. The summed E-state index contributed by atoms with van der Waals surface area (Å²) in [7, 11) is 0. The molecule has 0 aliphatic carbocycles. The van der Waals surface area contributed by atoms with Gasteiger partial charge in [0.25, 0.3) is 0 Å². The monoisotopic (exact) mass is 272 g/mol. The third-order valence-electron chi connectivity index (χ3n) is 2.88. The number of halogens is 1. The van der Waals surface area contributed by atoms with E-state index in [4.69, 9.17) is 0 Å². The van der Waals surface area contributed by atoms with Crippen molar-refractivity contribution >= 4 is 11.6 Å². The summed E-state index contributed by atoms with van der Waals surface area (Å²) in [5.74, 6) is -0.367. The van der Waals surface area contributed by atoms with Gasteiger partial charge in [0.15, 0.2) is 0 Å². The van der Waals surface area contributed by atoms with E-state index < -0.39 is 0 Å². The molecular weight excluding hydrogens is 255 g/mol. The van der Waals surface area contributed by atoms with Crippen LogP contribution in [0.5, 0.6) is 0 Å². The molecule has 0 aromatic heterocycles. The number of hydrogen-bond acceptors (Lipinski definition) is 2. The normalized spacial score (nSPS) is 10.1. The summed E-state index contributed by atoms with van der Waals surface area (Å²) in [4.78, 5) is 11.6. The maximum absolute atomic E-state index is 12.7. The first-order valence-electron chi connectivity index (χ1n) is 6.54. The van der Waals surface area contributed by atoms with Crippen LogP contribution in [0.1, 0.15) is 5.56 Å². The lowest BCUT2D eigenvalue weighted by Gasteiger charge is -2.07. The fourth-order valence-electron chi connectivity index (χ4n) is 1.80. The van der Waals surface area contributed by atoms with Crippen LogP contribution in [-0.2, 0) is 11.2 Å². The molecule has 2 aromatic carbocycles. The Labute approximate surface area is 117 Å². The van der Waals surface area contributed by atoms with E-state index in [1.54, 1.807) is 12.1 Å². The molecule has 0 aliphatic heterocycles. The molecule has 0 saturated carbocycles. The van der Waals surface area contributed by atoms with Crippen LogP contribution in [-0.4, -0.2) is 19.0 Å². The van der Waals surface area contributed by atoms with E-state index in [0.29, 0.717) is 6.54 Å². The Balaban J connectivity index is 1.67. The molecule has 0 radical (unpaired) electrons. The molecule has 0 fully saturated rings. The number of anilines is 1. The lowest BCUT2D eigenvalue weighted by atomic mass is 10.1. The molecule has 2 N–H and O–H groups in total. The number of benzene rings is 2. The van der Waals surface area contributed by atoms with E-state index in [9.17, 15) is 9.18 Å². The van der Waals surface area contributed by atoms with Crippen LogP contribution in [0.15, 0.2) is 54.6 Å². The molecule has 4 heteroatoms. The zero-order valence-corrected chi connectivity index (χ0v) is 11.1. The van der Waals surface area contributed by atoms with Crippen molar-refractivity contribution in [2.24, 2.45) is 0 Å². The SMILES string of the molecule is O=C(CNc1ccc(F)cc1)NCCc1ccccc1. The van der Waals surface area contributed by atoms with Gasteiger partial charge in [0.2, 0.25) is 5.91 Å². The van der Waals surface area contributed by atoms with Crippen LogP contribution in [0.3, 0.4) is 0 Å². The van der Waals surface area contributed by atoms with Crippen LogP contribution >= 0.6 is 0 Å². The van der Waals surface area contributed by atoms with E-state index in [-0.39, 0.29) is 18.3 Å². The van der Waals surface area contributed by atoms with Crippen LogP contribution in [0.2, 0.25) is 0 Å². The molecule has 0 atom stereocenters.